The Morgan fingerprint density at radius 2 is 1.88 bits per heavy atom. The van der Waals surface area contributed by atoms with Crippen molar-refractivity contribution in [1.82, 2.24) is 15.5 Å². The third kappa shape index (κ3) is 4.08. The van der Waals surface area contributed by atoms with Crippen LogP contribution in [0.2, 0.25) is 0 Å². The minimum Gasteiger partial charge on any atom is -0.497 e. The first kappa shape index (κ1) is 17.7. The third-order valence-corrected chi connectivity index (χ3v) is 4.15. The number of carbonyl (C=O) groups excluding carboxylic acids is 1. The van der Waals surface area contributed by atoms with Crippen LogP contribution in [-0.4, -0.2) is 23.2 Å². The van der Waals surface area contributed by atoms with Gasteiger partial charge in [-0.3, -0.25) is 4.79 Å². The first-order valence-corrected chi connectivity index (χ1v) is 8.51. The van der Waals surface area contributed by atoms with Crippen LogP contribution in [-0.2, 0) is 11.3 Å². The number of ether oxygens (including phenoxy) is 1. The van der Waals surface area contributed by atoms with E-state index in [0.29, 0.717) is 11.7 Å². The second-order valence-electron chi connectivity index (χ2n) is 5.83. The van der Waals surface area contributed by atoms with E-state index in [1.807, 2.05) is 61.5 Å². The van der Waals surface area contributed by atoms with Crippen molar-refractivity contribution in [2.24, 2.45) is 0 Å². The molecule has 0 saturated heterocycles. The standard InChI is InChI=1S/C20H21N3O3/c1-3-17(14-7-5-4-6-8-14)19(24)21-13-18-22-20(26-23-18)15-9-11-16(25-2)12-10-15/h4-12,17H,3,13H2,1-2H3,(H,21,24). The number of amides is 1. The van der Waals surface area contributed by atoms with Crippen molar-refractivity contribution in [2.75, 3.05) is 7.11 Å². The maximum atomic E-state index is 12.5. The predicted octanol–water partition coefficient (Wildman–Crippen LogP) is 3.56. The van der Waals surface area contributed by atoms with Crippen LogP contribution in [0, 0.1) is 0 Å². The van der Waals surface area contributed by atoms with Crippen LogP contribution >= 0.6 is 0 Å². The number of methoxy groups -OCH3 is 1. The first-order chi connectivity index (χ1) is 12.7. The summed E-state index contributed by atoms with van der Waals surface area (Å²) >= 11 is 0. The van der Waals surface area contributed by atoms with Crippen LogP contribution in [0.3, 0.4) is 0 Å². The second-order valence-corrected chi connectivity index (χ2v) is 5.83. The lowest BCUT2D eigenvalue weighted by atomic mass is 9.96. The number of carbonyl (C=O) groups is 1. The van der Waals surface area contributed by atoms with Gasteiger partial charge in [0, 0.05) is 5.56 Å². The lowest BCUT2D eigenvalue weighted by Crippen LogP contribution is -2.29. The summed E-state index contributed by atoms with van der Waals surface area (Å²) in [5.74, 6) is 1.37. The molecule has 0 aliphatic rings. The van der Waals surface area contributed by atoms with Gasteiger partial charge in [-0.25, -0.2) is 0 Å². The van der Waals surface area contributed by atoms with Crippen LogP contribution in [0.15, 0.2) is 59.1 Å². The van der Waals surface area contributed by atoms with Gasteiger partial charge < -0.3 is 14.6 Å². The predicted molar refractivity (Wildman–Crippen MR) is 97.6 cm³/mol. The van der Waals surface area contributed by atoms with Gasteiger partial charge in [0.25, 0.3) is 5.89 Å². The molecule has 0 aliphatic carbocycles. The molecule has 0 fully saturated rings. The summed E-state index contributed by atoms with van der Waals surface area (Å²) < 4.78 is 10.4. The Balaban J connectivity index is 1.63. The van der Waals surface area contributed by atoms with Crippen LogP contribution in [0.25, 0.3) is 11.5 Å². The fourth-order valence-corrected chi connectivity index (χ4v) is 2.72. The number of hydrogen-bond donors (Lipinski definition) is 1. The molecule has 0 radical (unpaired) electrons. The van der Waals surface area contributed by atoms with E-state index in [0.717, 1.165) is 23.3 Å². The van der Waals surface area contributed by atoms with Crippen molar-refractivity contribution in [2.45, 2.75) is 25.8 Å². The van der Waals surface area contributed by atoms with E-state index in [-0.39, 0.29) is 18.4 Å². The van der Waals surface area contributed by atoms with E-state index in [1.54, 1.807) is 7.11 Å². The average molecular weight is 351 g/mol. The van der Waals surface area contributed by atoms with Crippen LogP contribution in [0.1, 0.15) is 30.7 Å². The van der Waals surface area contributed by atoms with Gasteiger partial charge in [0.2, 0.25) is 5.91 Å². The molecule has 6 nitrogen and oxygen atoms in total. The molecule has 1 heterocycles. The highest BCUT2D eigenvalue weighted by Gasteiger charge is 2.19. The first-order valence-electron chi connectivity index (χ1n) is 8.51. The SMILES string of the molecule is CCC(C(=O)NCc1noc(-c2ccc(OC)cc2)n1)c1ccccc1. The van der Waals surface area contributed by atoms with Gasteiger partial charge in [0.1, 0.15) is 5.75 Å². The molecular weight excluding hydrogens is 330 g/mol. The molecule has 26 heavy (non-hydrogen) atoms. The molecule has 1 N–H and O–H groups in total. The van der Waals surface area contributed by atoms with Gasteiger partial charge in [-0.2, -0.15) is 4.98 Å². The summed E-state index contributed by atoms with van der Waals surface area (Å²) in [5, 5.41) is 6.82. The van der Waals surface area contributed by atoms with Gasteiger partial charge in [-0.1, -0.05) is 42.4 Å². The van der Waals surface area contributed by atoms with Crippen molar-refractivity contribution in [3.63, 3.8) is 0 Å². The lowest BCUT2D eigenvalue weighted by molar-refractivity contribution is -0.122. The zero-order chi connectivity index (χ0) is 18.4. The summed E-state index contributed by atoms with van der Waals surface area (Å²) in [6.45, 7) is 2.22. The average Bonchev–Trinajstić information content (AvgIpc) is 3.17. The summed E-state index contributed by atoms with van der Waals surface area (Å²) in [6.07, 6.45) is 0.721. The van der Waals surface area contributed by atoms with E-state index in [1.165, 1.54) is 0 Å². The quantitative estimate of drug-likeness (QED) is 0.704. The van der Waals surface area contributed by atoms with Crippen molar-refractivity contribution < 1.29 is 14.1 Å². The van der Waals surface area contributed by atoms with E-state index < -0.39 is 0 Å². The number of benzene rings is 2. The Kier molecular flexibility index (Phi) is 5.63. The smallest absolute Gasteiger partial charge is 0.257 e. The van der Waals surface area contributed by atoms with Crippen molar-refractivity contribution >= 4 is 5.91 Å². The number of nitrogens with zero attached hydrogens (tertiary/aromatic N) is 2. The summed E-state index contributed by atoms with van der Waals surface area (Å²) in [4.78, 5) is 16.8. The van der Waals surface area contributed by atoms with Crippen LogP contribution in [0.5, 0.6) is 5.75 Å². The number of aromatic nitrogens is 2. The van der Waals surface area contributed by atoms with Crippen molar-refractivity contribution in [3.05, 3.63) is 66.0 Å². The Hall–Kier alpha value is -3.15. The molecule has 2 aromatic carbocycles. The zero-order valence-corrected chi connectivity index (χ0v) is 14.8. The number of nitrogens with one attached hydrogen (secondary N) is 1. The van der Waals surface area contributed by atoms with Gasteiger partial charge in [-0.05, 0) is 36.2 Å². The fraction of sp³-hybridized carbons (Fsp3) is 0.250. The fourth-order valence-electron chi connectivity index (χ4n) is 2.72. The van der Waals surface area contributed by atoms with Crippen molar-refractivity contribution in [1.29, 1.82) is 0 Å². The highest BCUT2D eigenvalue weighted by Crippen LogP contribution is 2.21. The molecule has 1 amide bonds. The van der Waals surface area contributed by atoms with Crippen LogP contribution in [0.4, 0.5) is 0 Å². The minimum absolute atomic E-state index is 0.0468. The highest BCUT2D eigenvalue weighted by atomic mass is 16.5. The second kappa shape index (κ2) is 8.29. The molecule has 6 heteroatoms. The maximum Gasteiger partial charge on any atom is 0.257 e. The maximum absolute atomic E-state index is 12.5. The van der Waals surface area contributed by atoms with E-state index in [9.17, 15) is 4.79 Å². The number of rotatable bonds is 7. The summed E-state index contributed by atoms with van der Waals surface area (Å²) in [6, 6.07) is 17.1. The van der Waals surface area contributed by atoms with Crippen molar-refractivity contribution in [3.8, 4) is 17.2 Å². The van der Waals surface area contributed by atoms with Gasteiger partial charge in [-0.15, -0.1) is 0 Å². The van der Waals surface area contributed by atoms with E-state index in [4.69, 9.17) is 9.26 Å². The number of hydrogen-bond acceptors (Lipinski definition) is 5. The largest absolute Gasteiger partial charge is 0.497 e. The molecule has 0 bridgehead atoms. The molecule has 0 saturated carbocycles. The highest BCUT2D eigenvalue weighted by molar-refractivity contribution is 5.83. The topological polar surface area (TPSA) is 77.2 Å². The minimum atomic E-state index is -0.191. The van der Waals surface area contributed by atoms with Gasteiger partial charge in [0.15, 0.2) is 5.82 Å². The molecular formula is C20H21N3O3. The molecule has 0 aliphatic heterocycles. The Bertz CT molecular complexity index is 844. The van der Waals surface area contributed by atoms with E-state index >= 15 is 0 Å². The Labute approximate surface area is 152 Å². The molecule has 1 atom stereocenters. The summed E-state index contributed by atoms with van der Waals surface area (Å²) in [7, 11) is 1.61. The molecule has 3 aromatic rings. The Morgan fingerprint density at radius 3 is 2.54 bits per heavy atom. The third-order valence-electron chi connectivity index (χ3n) is 4.15. The van der Waals surface area contributed by atoms with Crippen LogP contribution < -0.4 is 10.1 Å². The molecule has 134 valence electrons. The molecule has 1 aromatic heterocycles. The Morgan fingerprint density at radius 1 is 1.15 bits per heavy atom. The molecule has 1 unspecified atom stereocenters. The molecule has 0 spiro atoms. The van der Waals surface area contributed by atoms with E-state index in [2.05, 4.69) is 15.5 Å². The lowest BCUT2D eigenvalue weighted by Gasteiger charge is -2.14. The summed E-state index contributed by atoms with van der Waals surface area (Å²) in [5.41, 5.74) is 1.80. The van der Waals surface area contributed by atoms with Gasteiger partial charge in [0.05, 0.1) is 19.6 Å². The molecule has 3 rings (SSSR count). The van der Waals surface area contributed by atoms with Gasteiger partial charge >= 0.3 is 0 Å². The monoisotopic (exact) mass is 351 g/mol. The normalized spacial score (nSPS) is 11.8. The zero-order valence-electron chi connectivity index (χ0n) is 14.8.